The van der Waals surface area contributed by atoms with Crippen molar-refractivity contribution in [2.45, 2.75) is 0 Å². The van der Waals surface area contributed by atoms with Gasteiger partial charge in [-0.05, 0) is 36.2 Å². The van der Waals surface area contributed by atoms with Crippen LogP contribution >= 0.6 is 7.60 Å². The lowest BCUT2D eigenvalue weighted by atomic mass is 10.1. The molecule has 2 aromatic carbocycles. The van der Waals surface area contributed by atoms with Crippen LogP contribution in [0.4, 0.5) is 5.69 Å². The predicted molar refractivity (Wildman–Crippen MR) is 65.8 cm³/mol. The van der Waals surface area contributed by atoms with Crippen LogP contribution in [0.3, 0.4) is 0 Å². The van der Waals surface area contributed by atoms with Gasteiger partial charge in [-0.15, -0.1) is 0 Å². The summed E-state index contributed by atoms with van der Waals surface area (Å²) < 4.78 is 11.2. The normalized spacial score (nSPS) is 11.3. The molecule has 0 N–H and O–H groups in total. The summed E-state index contributed by atoms with van der Waals surface area (Å²) in [6, 6.07) is 11.1. The highest BCUT2D eigenvalue weighted by Crippen LogP contribution is 2.30. The maximum atomic E-state index is 11.2. The SMILES string of the molecule is O=[N+]([O-])c1ccc(-c2ccccc2P(=O)([O-])[O-])cc1. The van der Waals surface area contributed by atoms with Crippen LogP contribution in [0.25, 0.3) is 11.1 Å². The zero-order valence-electron chi connectivity index (χ0n) is 9.55. The number of nitro benzene ring substituents is 1. The highest BCUT2D eigenvalue weighted by atomic mass is 31.2. The van der Waals surface area contributed by atoms with E-state index in [-0.39, 0.29) is 16.6 Å². The molecule has 2 rings (SSSR count). The van der Waals surface area contributed by atoms with Gasteiger partial charge in [0.2, 0.25) is 0 Å². The van der Waals surface area contributed by atoms with E-state index in [4.69, 9.17) is 0 Å². The van der Waals surface area contributed by atoms with Gasteiger partial charge < -0.3 is 14.4 Å². The van der Waals surface area contributed by atoms with E-state index in [1.54, 1.807) is 6.07 Å². The second-order valence-electron chi connectivity index (χ2n) is 3.82. The number of nitro groups is 1. The summed E-state index contributed by atoms with van der Waals surface area (Å²) in [5, 5.41) is 10.2. The third-order valence-electron chi connectivity index (χ3n) is 2.59. The molecule has 0 aliphatic carbocycles. The average Bonchev–Trinajstić information content (AvgIpc) is 2.38. The van der Waals surface area contributed by atoms with E-state index in [0.717, 1.165) is 0 Å². The zero-order chi connectivity index (χ0) is 14.0. The maximum absolute atomic E-state index is 11.2. The lowest BCUT2D eigenvalue weighted by Crippen LogP contribution is -2.26. The second kappa shape index (κ2) is 4.93. The number of rotatable bonds is 3. The summed E-state index contributed by atoms with van der Waals surface area (Å²) in [5.74, 6) is 0. The molecule has 6 nitrogen and oxygen atoms in total. The Morgan fingerprint density at radius 2 is 1.53 bits per heavy atom. The van der Waals surface area contributed by atoms with Gasteiger partial charge in [-0.2, -0.15) is 0 Å². The van der Waals surface area contributed by atoms with Gasteiger partial charge in [0.1, 0.15) is 0 Å². The molecule has 0 radical (unpaired) electrons. The van der Waals surface area contributed by atoms with Crippen LogP contribution < -0.4 is 15.1 Å². The maximum Gasteiger partial charge on any atom is 0.269 e. The Bertz CT molecular complexity index is 662. The standard InChI is InChI=1S/C12H10NO5P/c14-13(15)10-7-5-9(6-8-10)11-3-1-2-4-12(11)19(16,17)18/h1-8H,(H2,16,17,18)/p-2. The minimum Gasteiger partial charge on any atom is -0.807 e. The minimum atomic E-state index is -4.89. The van der Waals surface area contributed by atoms with Gasteiger partial charge in [0, 0.05) is 12.1 Å². The molecule has 19 heavy (non-hydrogen) atoms. The number of hydrogen-bond acceptors (Lipinski definition) is 5. The summed E-state index contributed by atoms with van der Waals surface area (Å²) in [5.41, 5.74) is 0.576. The molecule has 0 spiro atoms. The van der Waals surface area contributed by atoms with Crippen LogP contribution in [0.15, 0.2) is 48.5 Å². The van der Waals surface area contributed by atoms with Crippen LogP contribution in [-0.4, -0.2) is 4.92 Å². The molecule has 7 heteroatoms. The molecule has 0 aromatic heterocycles. The van der Waals surface area contributed by atoms with Crippen molar-refractivity contribution in [3.63, 3.8) is 0 Å². The van der Waals surface area contributed by atoms with E-state index in [0.29, 0.717) is 5.56 Å². The molecule has 0 heterocycles. The molecular weight excluding hydrogens is 269 g/mol. The number of non-ortho nitro benzene ring substituents is 1. The fourth-order valence-electron chi connectivity index (χ4n) is 1.72. The van der Waals surface area contributed by atoms with Gasteiger partial charge in [-0.25, -0.2) is 0 Å². The first-order valence-electron chi connectivity index (χ1n) is 5.26. The third-order valence-corrected chi connectivity index (χ3v) is 3.57. The van der Waals surface area contributed by atoms with Crippen LogP contribution in [0, 0.1) is 10.1 Å². The fourth-order valence-corrected chi connectivity index (χ4v) is 2.49. The monoisotopic (exact) mass is 277 g/mol. The molecule has 0 saturated heterocycles. The van der Waals surface area contributed by atoms with E-state index in [1.165, 1.54) is 42.5 Å². The zero-order valence-corrected chi connectivity index (χ0v) is 10.4. The number of hydrogen-bond donors (Lipinski definition) is 0. The highest BCUT2D eigenvalue weighted by molar-refractivity contribution is 7.57. The lowest BCUT2D eigenvalue weighted by molar-refractivity contribution is -0.384. The Morgan fingerprint density at radius 3 is 2.05 bits per heavy atom. The van der Waals surface area contributed by atoms with E-state index in [9.17, 15) is 24.5 Å². The average molecular weight is 277 g/mol. The fraction of sp³-hybridized carbons (Fsp3) is 0. The molecule has 0 fully saturated rings. The molecule has 0 aliphatic rings. The van der Waals surface area contributed by atoms with Gasteiger partial charge in [-0.1, -0.05) is 24.3 Å². The minimum absolute atomic E-state index is 0.103. The Kier molecular flexibility index (Phi) is 3.48. The highest BCUT2D eigenvalue weighted by Gasteiger charge is 2.09. The van der Waals surface area contributed by atoms with Gasteiger partial charge in [0.25, 0.3) is 5.69 Å². The van der Waals surface area contributed by atoms with Crippen molar-refractivity contribution in [2.24, 2.45) is 0 Å². The summed E-state index contributed by atoms with van der Waals surface area (Å²) in [6.45, 7) is 0. The van der Waals surface area contributed by atoms with Crippen molar-refractivity contribution in [2.75, 3.05) is 0 Å². The Labute approximate surface area is 108 Å². The van der Waals surface area contributed by atoms with Crippen molar-refractivity contribution < 1.29 is 19.3 Å². The first kappa shape index (κ1) is 13.4. The topological polar surface area (TPSA) is 106 Å². The van der Waals surface area contributed by atoms with Crippen LogP contribution in [0.1, 0.15) is 0 Å². The summed E-state index contributed by atoms with van der Waals surface area (Å²) in [6.07, 6.45) is 0. The largest absolute Gasteiger partial charge is 0.807 e. The van der Waals surface area contributed by atoms with E-state index in [2.05, 4.69) is 0 Å². The molecule has 0 saturated carbocycles. The molecule has 2 aromatic rings. The first-order valence-corrected chi connectivity index (χ1v) is 6.80. The molecule has 0 amide bonds. The third kappa shape index (κ3) is 2.88. The van der Waals surface area contributed by atoms with Crippen LogP contribution in [0.2, 0.25) is 0 Å². The van der Waals surface area contributed by atoms with Gasteiger partial charge >= 0.3 is 0 Å². The van der Waals surface area contributed by atoms with Crippen LogP contribution in [0.5, 0.6) is 0 Å². The van der Waals surface area contributed by atoms with E-state index >= 15 is 0 Å². The molecule has 0 bridgehead atoms. The molecule has 0 aliphatic heterocycles. The van der Waals surface area contributed by atoms with Gasteiger partial charge in [0.05, 0.1) is 4.92 Å². The van der Waals surface area contributed by atoms with Crippen molar-refractivity contribution in [1.29, 1.82) is 0 Å². The number of nitrogens with zero attached hydrogens (tertiary/aromatic N) is 1. The molecule has 98 valence electrons. The molecular formula is C12H8NO5P-2. The summed E-state index contributed by atoms with van der Waals surface area (Å²) in [7, 11) is -4.89. The predicted octanol–water partition coefficient (Wildman–Crippen LogP) is 0.801. The number of benzene rings is 2. The summed E-state index contributed by atoms with van der Waals surface area (Å²) in [4.78, 5) is 32.3. The first-order chi connectivity index (χ1) is 8.89. The Morgan fingerprint density at radius 1 is 0.947 bits per heavy atom. The van der Waals surface area contributed by atoms with Gasteiger partial charge in [0.15, 0.2) is 0 Å². The lowest BCUT2D eigenvalue weighted by Gasteiger charge is -2.31. The smallest absolute Gasteiger partial charge is 0.269 e. The van der Waals surface area contributed by atoms with Crippen molar-refractivity contribution in [3.8, 4) is 11.1 Å². The molecule has 0 unspecified atom stereocenters. The second-order valence-corrected chi connectivity index (χ2v) is 5.30. The van der Waals surface area contributed by atoms with Crippen molar-refractivity contribution >= 4 is 18.6 Å². The van der Waals surface area contributed by atoms with Crippen LogP contribution in [-0.2, 0) is 4.57 Å². The van der Waals surface area contributed by atoms with Crippen molar-refractivity contribution in [1.82, 2.24) is 0 Å². The van der Waals surface area contributed by atoms with E-state index < -0.39 is 12.5 Å². The van der Waals surface area contributed by atoms with Crippen molar-refractivity contribution in [3.05, 3.63) is 58.6 Å². The molecule has 0 atom stereocenters. The van der Waals surface area contributed by atoms with E-state index in [1.807, 2.05) is 0 Å². The Hall–Kier alpha value is -2.01. The quantitative estimate of drug-likeness (QED) is 0.468. The summed E-state index contributed by atoms with van der Waals surface area (Å²) >= 11 is 0. The van der Waals surface area contributed by atoms with Gasteiger partial charge in [-0.3, -0.25) is 10.1 Å². The Balaban J connectivity index is 2.54.